The summed E-state index contributed by atoms with van der Waals surface area (Å²) in [5.41, 5.74) is 2.04. The lowest BCUT2D eigenvalue weighted by molar-refractivity contribution is 0.102. The molecule has 1 amide bonds. The summed E-state index contributed by atoms with van der Waals surface area (Å²) in [6.45, 7) is 0. The number of nitriles is 1. The van der Waals surface area contributed by atoms with Crippen molar-refractivity contribution in [2.45, 2.75) is 0 Å². The van der Waals surface area contributed by atoms with Gasteiger partial charge >= 0.3 is 0 Å². The van der Waals surface area contributed by atoms with Gasteiger partial charge in [-0.2, -0.15) is 5.26 Å². The first-order chi connectivity index (χ1) is 10.8. The zero-order chi connectivity index (χ0) is 17.0. The zero-order valence-corrected chi connectivity index (χ0v) is 13.8. The molecule has 0 fully saturated rings. The monoisotopic (exact) mass is 327 g/mol. The Morgan fingerprint density at radius 2 is 1.83 bits per heavy atom. The number of carbonyl (C=O) groups excluding carboxylic acids is 1. The van der Waals surface area contributed by atoms with Gasteiger partial charge in [0.05, 0.1) is 22.9 Å². The van der Waals surface area contributed by atoms with Gasteiger partial charge in [0.2, 0.25) is 0 Å². The minimum absolute atomic E-state index is 0.319. The third kappa shape index (κ3) is 3.90. The fraction of sp³-hybridized carbons (Fsp3) is 0.118. The van der Waals surface area contributed by atoms with Crippen LogP contribution in [-0.2, 0) is 9.71 Å². The molecule has 1 unspecified atom stereocenters. The second kappa shape index (κ2) is 6.55. The minimum atomic E-state index is -2.48. The van der Waals surface area contributed by atoms with Gasteiger partial charge in [-0.05, 0) is 42.3 Å². The van der Waals surface area contributed by atoms with Crippen molar-refractivity contribution in [1.82, 2.24) is 0 Å². The van der Waals surface area contributed by atoms with Crippen molar-refractivity contribution in [2.24, 2.45) is 0 Å². The van der Waals surface area contributed by atoms with Crippen LogP contribution in [0.1, 0.15) is 15.9 Å². The molecule has 0 aromatic heterocycles. The Bertz CT molecular complexity index is 865. The van der Waals surface area contributed by atoms with Crippen molar-refractivity contribution in [3.8, 4) is 6.07 Å². The molecule has 0 saturated carbocycles. The minimum Gasteiger partial charge on any atom is -0.322 e. The third-order valence-corrected chi connectivity index (χ3v) is 4.69. The molecule has 0 aliphatic carbocycles. The number of hydrogen-bond donors (Lipinski definition) is 1. The Morgan fingerprint density at radius 3 is 2.39 bits per heavy atom. The number of hydrogen-bond acceptors (Lipinski definition) is 3. The van der Waals surface area contributed by atoms with Crippen LogP contribution in [0.3, 0.4) is 0 Å². The van der Waals surface area contributed by atoms with E-state index in [-0.39, 0.29) is 5.91 Å². The summed E-state index contributed by atoms with van der Waals surface area (Å²) in [5, 5.41) is 11.6. The largest absolute Gasteiger partial charge is 0.322 e. The molecule has 0 saturated heterocycles. The predicted molar refractivity (Wildman–Crippen MR) is 95.1 cm³/mol. The summed E-state index contributed by atoms with van der Waals surface area (Å²) in [5.74, 6) is 3.32. The average Bonchev–Trinajstić information content (AvgIpc) is 2.54. The molecule has 1 N–H and O–H groups in total. The number of rotatable bonds is 4. The van der Waals surface area contributed by atoms with Crippen LogP contribution in [0, 0.1) is 11.3 Å². The maximum absolute atomic E-state index is 12.5. The highest BCUT2D eigenvalue weighted by atomic mass is 32.2. The molecule has 118 valence electrons. The number of para-hydroxylation sites is 1. The van der Waals surface area contributed by atoms with Crippen LogP contribution in [0.15, 0.2) is 48.5 Å². The number of nitrogens with zero attached hydrogens (tertiary/aromatic N) is 2. The van der Waals surface area contributed by atoms with Crippen LogP contribution in [-0.4, -0.2) is 29.3 Å². The van der Waals surface area contributed by atoms with Crippen LogP contribution in [0.4, 0.5) is 11.4 Å². The molecule has 0 heterocycles. The van der Waals surface area contributed by atoms with Crippen LogP contribution < -0.4 is 9.62 Å². The quantitative estimate of drug-likeness (QED) is 0.877. The number of carbonyl (C=O) groups is 1. The van der Waals surface area contributed by atoms with E-state index >= 15 is 0 Å². The summed E-state index contributed by atoms with van der Waals surface area (Å²) in [4.78, 5) is 12.5. The molecule has 2 aromatic rings. The number of benzene rings is 2. The SMILES string of the molecule is C=S(C)(=O)N(C)c1ccccc1C(=O)Nc1ccc(C#N)cc1. The molecule has 0 aliphatic heterocycles. The number of amides is 1. The number of nitrogens with one attached hydrogen (secondary N) is 1. The second-order valence-corrected chi connectivity index (χ2v) is 7.58. The van der Waals surface area contributed by atoms with Crippen molar-refractivity contribution in [1.29, 1.82) is 5.26 Å². The lowest BCUT2D eigenvalue weighted by Crippen LogP contribution is -2.27. The molecule has 23 heavy (non-hydrogen) atoms. The summed E-state index contributed by atoms with van der Waals surface area (Å²) >= 11 is 0. The fourth-order valence-electron chi connectivity index (χ4n) is 1.97. The lowest BCUT2D eigenvalue weighted by atomic mass is 10.1. The van der Waals surface area contributed by atoms with Gasteiger partial charge in [0.1, 0.15) is 0 Å². The molecule has 0 bridgehead atoms. The second-order valence-electron chi connectivity index (χ2n) is 5.12. The van der Waals surface area contributed by atoms with Crippen LogP contribution in [0.25, 0.3) is 0 Å². The Morgan fingerprint density at radius 1 is 1.22 bits per heavy atom. The van der Waals surface area contributed by atoms with E-state index < -0.39 is 9.71 Å². The normalized spacial score (nSPS) is 12.7. The van der Waals surface area contributed by atoms with E-state index in [1.54, 1.807) is 55.6 Å². The summed E-state index contributed by atoms with van der Waals surface area (Å²) < 4.78 is 13.6. The molecule has 1 atom stereocenters. The first-order valence-electron chi connectivity index (χ1n) is 6.79. The van der Waals surface area contributed by atoms with Gasteiger partial charge in [-0.1, -0.05) is 12.1 Å². The van der Waals surface area contributed by atoms with Gasteiger partial charge in [0.15, 0.2) is 0 Å². The first kappa shape index (κ1) is 16.6. The molecule has 6 heteroatoms. The molecule has 2 aromatic carbocycles. The van der Waals surface area contributed by atoms with E-state index in [4.69, 9.17) is 5.26 Å². The van der Waals surface area contributed by atoms with E-state index in [1.807, 2.05) is 6.07 Å². The van der Waals surface area contributed by atoms with Gasteiger partial charge < -0.3 is 9.62 Å². The Balaban J connectivity index is 2.31. The van der Waals surface area contributed by atoms with Crippen LogP contribution >= 0.6 is 0 Å². The summed E-state index contributed by atoms with van der Waals surface area (Å²) in [6.07, 6.45) is 1.52. The molecule has 5 nitrogen and oxygen atoms in total. The van der Waals surface area contributed by atoms with E-state index in [2.05, 4.69) is 11.2 Å². The average molecular weight is 327 g/mol. The highest BCUT2D eigenvalue weighted by molar-refractivity contribution is 8.00. The molecule has 0 radical (unpaired) electrons. The highest BCUT2D eigenvalue weighted by Gasteiger charge is 2.16. The van der Waals surface area contributed by atoms with Crippen molar-refractivity contribution in [3.63, 3.8) is 0 Å². The van der Waals surface area contributed by atoms with Gasteiger partial charge in [0, 0.05) is 28.7 Å². The van der Waals surface area contributed by atoms with Crippen molar-refractivity contribution < 1.29 is 9.00 Å². The zero-order valence-electron chi connectivity index (χ0n) is 12.9. The molecule has 0 spiro atoms. The van der Waals surface area contributed by atoms with Crippen molar-refractivity contribution in [2.75, 3.05) is 22.9 Å². The van der Waals surface area contributed by atoms with Crippen LogP contribution in [0.5, 0.6) is 0 Å². The summed E-state index contributed by atoms with van der Waals surface area (Å²) in [6, 6.07) is 15.5. The fourth-order valence-corrected chi connectivity index (χ4v) is 2.55. The predicted octanol–water partition coefficient (Wildman–Crippen LogP) is 2.51. The Kier molecular flexibility index (Phi) is 4.72. The topological polar surface area (TPSA) is 73.2 Å². The molecular weight excluding hydrogens is 310 g/mol. The maximum Gasteiger partial charge on any atom is 0.257 e. The van der Waals surface area contributed by atoms with Crippen molar-refractivity contribution in [3.05, 3.63) is 59.7 Å². The van der Waals surface area contributed by atoms with E-state index in [1.165, 1.54) is 10.6 Å². The van der Waals surface area contributed by atoms with Crippen LogP contribution in [0.2, 0.25) is 0 Å². The third-order valence-electron chi connectivity index (χ3n) is 3.34. The van der Waals surface area contributed by atoms with E-state index in [0.29, 0.717) is 22.5 Å². The lowest BCUT2D eigenvalue weighted by Gasteiger charge is -2.23. The maximum atomic E-state index is 12.5. The first-order valence-corrected chi connectivity index (χ1v) is 8.89. The molecule has 0 aliphatic rings. The number of anilines is 2. The van der Waals surface area contributed by atoms with E-state index in [9.17, 15) is 9.00 Å². The highest BCUT2D eigenvalue weighted by Crippen LogP contribution is 2.22. The standard InChI is InChI=1S/C17H17N3O2S/c1-20(23(2,3)22)16-7-5-4-6-15(16)17(21)19-14-10-8-13(12-18)9-11-14/h4-11H,2H2,1,3H3,(H,19,21). The van der Waals surface area contributed by atoms with Gasteiger partial charge in [0.25, 0.3) is 5.91 Å². The Hall–Kier alpha value is -2.78. The van der Waals surface area contributed by atoms with E-state index in [0.717, 1.165) is 0 Å². The molecular formula is C17H17N3O2S. The van der Waals surface area contributed by atoms with Crippen molar-refractivity contribution >= 4 is 32.9 Å². The smallest absolute Gasteiger partial charge is 0.257 e. The molecule has 2 rings (SSSR count). The summed E-state index contributed by atoms with van der Waals surface area (Å²) in [7, 11) is -0.834. The van der Waals surface area contributed by atoms with Gasteiger partial charge in [-0.3, -0.25) is 4.79 Å². The van der Waals surface area contributed by atoms with Gasteiger partial charge in [-0.15, -0.1) is 0 Å². The Labute approximate surface area is 136 Å². The van der Waals surface area contributed by atoms with Gasteiger partial charge in [-0.25, -0.2) is 4.21 Å².